The summed E-state index contributed by atoms with van der Waals surface area (Å²) in [7, 11) is 1.68. The average molecular weight is 326 g/mol. The Bertz CT molecular complexity index is 875. The van der Waals surface area contributed by atoms with Gasteiger partial charge in [0.1, 0.15) is 5.75 Å². The normalized spacial score (nSPS) is 14.1. The Morgan fingerprint density at radius 2 is 1.12 bits per heavy atom. The van der Waals surface area contributed by atoms with Crippen LogP contribution in [0.3, 0.4) is 0 Å². The van der Waals surface area contributed by atoms with E-state index in [4.69, 9.17) is 14.7 Å². The van der Waals surface area contributed by atoms with E-state index in [1.54, 1.807) is 7.11 Å². The van der Waals surface area contributed by atoms with E-state index in [1.165, 1.54) is 0 Å². The fraction of sp³-hybridized carbons (Fsp3) is 0.0909. The number of ether oxygens (including phenoxy) is 1. The highest BCUT2D eigenvalue weighted by molar-refractivity contribution is 6.54. The van der Waals surface area contributed by atoms with Gasteiger partial charge in [0.2, 0.25) is 0 Å². The van der Waals surface area contributed by atoms with Gasteiger partial charge in [0.15, 0.2) is 6.17 Å². The van der Waals surface area contributed by atoms with Gasteiger partial charge in [-0.1, -0.05) is 78.9 Å². The van der Waals surface area contributed by atoms with Crippen LogP contribution in [0.25, 0.3) is 0 Å². The lowest BCUT2D eigenvalue weighted by Gasteiger charge is -2.09. The molecule has 1 aliphatic rings. The summed E-state index contributed by atoms with van der Waals surface area (Å²) in [5, 5.41) is 0. The van der Waals surface area contributed by atoms with Crippen molar-refractivity contribution in [3.63, 3.8) is 0 Å². The summed E-state index contributed by atoms with van der Waals surface area (Å²) in [5.41, 5.74) is 4.96. The molecule has 0 spiro atoms. The Hall–Kier alpha value is -3.20. The lowest BCUT2D eigenvalue weighted by atomic mass is 10.0. The van der Waals surface area contributed by atoms with Gasteiger partial charge in [-0.15, -0.1) is 0 Å². The topological polar surface area (TPSA) is 34.0 Å². The Morgan fingerprint density at radius 3 is 1.64 bits per heavy atom. The number of hydrogen-bond acceptors (Lipinski definition) is 3. The fourth-order valence-electron chi connectivity index (χ4n) is 3.03. The molecule has 0 radical (unpaired) electrons. The molecule has 0 fully saturated rings. The monoisotopic (exact) mass is 326 g/mol. The largest absolute Gasteiger partial charge is 0.496 e. The third-order valence-corrected chi connectivity index (χ3v) is 4.24. The molecule has 4 rings (SSSR count). The van der Waals surface area contributed by atoms with E-state index >= 15 is 0 Å². The first-order chi connectivity index (χ1) is 12.4. The molecule has 3 heteroatoms. The molecule has 3 aromatic rings. The van der Waals surface area contributed by atoms with E-state index in [-0.39, 0.29) is 6.17 Å². The number of para-hydroxylation sites is 1. The Balaban J connectivity index is 1.84. The molecular weight excluding hydrogens is 308 g/mol. The summed E-state index contributed by atoms with van der Waals surface area (Å²) < 4.78 is 5.50. The van der Waals surface area contributed by atoms with Gasteiger partial charge in [-0.3, -0.25) is 9.98 Å². The van der Waals surface area contributed by atoms with Crippen LogP contribution in [0.1, 0.15) is 22.9 Å². The van der Waals surface area contributed by atoms with Crippen LogP contribution in [0.4, 0.5) is 0 Å². The molecule has 1 heterocycles. The predicted molar refractivity (Wildman–Crippen MR) is 102 cm³/mol. The van der Waals surface area contributed by atoms with Crippen LogP contribution in [0, 0.1) is 0 Å². The number of nitrogens with zero attached hydrogens (tertiary/aromatic N) is 2. The van der Waals surface area contributed by atoms with Gasteiger partial charge in [0.25, 0.3) is 0 Å². The second-order valence-corrected chi connectivity index (χ2v) is 5.80. The SMILES string of the molecule is COc1ccccc1C1N=C(c2ccccc2)C(c2ccccc2)=N1. The Labute approximate surface area is 147 Å². The molecule has 0 aliphatic carbocycles. The number of aliphatic imine (C=N–C) groups is 2. The van der Waals surface area contributed by atoms with Crippen molar-refractivity contribution >= 4 is 11.4 Å². The minimum Gasteiger partial charge on any atom is -0.496 e. The molecule has 0 unspecified atom stereocenters. The van der Waals surface area contributed by atoms with Crippen molar-refractivity contribution in [2.24, 2.45) is 9.98 Å². The zero-order valence-corrected chi connectivity index (χ0v) is 14.0. The number of rotatable bonds is 4. The summed E-state index contributed by atoms with van der Waals surface area (Å²) in [6.45, 7) is 0. The molecular formula is C22H18N2O. The number of hydrogen-bond donors (Lipinski definition) is 0. The maximum Gasteiger partial charge on any atom is 0.170 e. The molecule has 0 N–H and O–H groups in total. The van der Waals surface area contributed by atoms with Crippen molar-refractivity contribution in [3.05, 3.63) is 102 Å². The Kier molecular flexibility index (Phi) is 4.13. The van der Waals surface area contributed by atoms with Crippen molar-refractivity contribution < 1.29 is 4.74 Å². The van der Waals surface area contributed by atoms with Gasteiger partial charge in [0.05, 0.1) is 18.5 Å². The molecule has 3 nitrogen and oxygen atoms in total. The van der Waals surface area contributed by atoms with Crippen LogP contribution < -0.4 is 4.74 Å². The first-order valence-corrected chi connectivity index (χ1v) is 8.26. The van der Waals surface area contributed by atoms with Crippen LogP contribution in [0.5, 0.6) is 5.75 Å². The summed E-state index contributed by atoms with van der Waals surface area (Å²) in [6.07, 6.45) is -0.290. The fourth-order valence-corrected chi connectivity index (χ4v) is 3.03. The molecule has 25 heavy (non-hydrogen) atoms. The quantitative estimate of drug-likeness (QED) is 0.685. The van der Waals surface area contributed by atoms with E-state index in [9.17, 15) is 0 Å². The predicted octanol–water partition coefficient (Wildman–Crippen LogP) is 4.69. The van der Waals surface area contributed by atoms with E-state index in [1.807, 2.05) is 60.7 Å². The smallest absolute Gasteiger partial charge is 0.170 e. The van der Waals surface area contributed by atoms with Crippen LogP contribution in [0.15, 0.2) is 94.9 Å². The van der Waals surface area contributed by atoms with Crippen LogP contribution in [-0.4, -0.2) is 18.5 Å². The first-order valence-electron chi connectivity index (χ1n) is 8.26. The van der Waals surface area contributed by atoms with Crippen LogP contribution in [0.2, 0.25) is 0 Å². The zero-order valence-electron chi connectivity index (χ0n) is 14.0. The summed E-state index contributed by atoms with van der Waals surface area (Å²) in [5.74, 6) is 0.807. The average Bonchev–Trinajstić information content (AvgIpc) is 3.14. The summed E-state index contributed by atoms with van der Waals surface area (Å²) in [4.78, 5) is 9.86. The number of methoxy groups -OCH3 is 1. The van der Waals surface area contributed by atoms with E-state index in [2.05, 4.69) is 24.3 Å². The van der Waals surface area contributed by atoms with E-state index in [0.29, 0.717) is 0 Å². The molecule has 0 aromatic heterocycles. The van der Waals surface area contributed by atoms with Gasteiger partial charge in [-0.05, 0) is 6.07 Å². The molecule has 0 saturated carbocycles. The molecule has 0 bridgehead atoms. The van der Waals surface area contributed by atoms with Crippen molar-refractivity contribution in [1.82, 2.24) is 0 Å². The third-order valence-electron chi connectivity index (χ3n) is 4.24. The van der Waals surface area contributed by atoms with Crippen LogP contribution in [-0.2, 0) is 0 Å². The molecule has 122 valence electrons. The highest BCUT2D eigenvalue weighted by Crippen LogP contribution is 2.33. The zero-order chi connectivity index (χ0) is 17.1. The van der Waals surface area contributed by atoms with Gasteiger partial charge < -0.3 is 4.74 Å². The van der Waals surface area contributed by atoms with Crippen molar-refractivity contribution in [2.45, 2.75) is 6.17 Å². The Morgan fingerprint density at radius 1 is 0.640 bits per heavy atom. The van der Waals surface area contributed by atoms with Gasteiger partial charge in [0, 0.05) is 16.7 Å². The van der Waals surface area contributed by atoms with Crippen molar-refractivity contribution in [2.75, 3.05) is 7.11 Å². The van der Waals surface area contributed by atoms with Crippen LogP contribution >= 0.6 is 0 Å². The number of benzene rings is 3. The third kappa shape index (κ3) is 2.96. The second-order valence-electron chi connectivity index (χ2n) is 5.80. The molecule has 1 aliphatic heterocycles. The molecule has 3 aromatic carbocycles. The summed E-state index contributed by atoms with van der Waals surface area (Å²) >= 11 is 0. The lowest BCUT2D eigenvalue weighted by molar-refractivity contribution is 0.406. The van der Waals surface area contributed by atoms with Gasteiger partial charge in [-0.2, -0.15) is 0 Å². The van der Waals surface area contributed by atoms with Crippen molar-refractivity contribution in [1.29, 1.82) is 0 Å². The highest BCUT2D eigenvalue weighted by Gasteiger charge is 2.26. The van der Waals surface area contributed by atoms with Gasteiger partial charge in [-0.25, -0.2) is 0 Å². The minimum atomic E-state index is -0.290. The van der Waals surface area contributed by atoms with E-state index < -0.39 is 0 Å². The maximum absolute atomic E-state index is 5.50. The first kappa shape index (κ1) is 15.3. The minimum absolute atomic E-state index is 0.290. The standard InChI is InChI=1S/C22H18N2O/c1-25-19-15-9-8-14-18(19)22-23-20(16-10-4-2-5-11-16)21(24-22)17-12-6-3-7-13-17/h2-15,22H,1H3. The highest BCUT2D eigenvalue weighted by atomic mass is 16.5. The maximum atomic E-state index is 5.50. The lowest BCUT2D eigenvalue weighted by Crippen LogP contribution is -2.13. The second kappa shape index (κ2) is 6.73. The van der Waals surface area contributed by atoms with Crippen molar-refractivity contribution in [3.8, 4) is 5.75 Å². The van der Waals surface area contributed by atoms with Gasteiger partial charge >= 0.3 is 0 Å². The van der Waals surface area contributed by atoms with E-state index in [0.717, 1.165) is 33.9 Å². The molecule has 0 atom stereocenters. The molecule has 0 saturated heterocycles. The summed E-state index contributed by atoms with van der Waals surface area (Å²) in [6, 6.07) is 28.3. The molecule has 0 amide bonds.